The van der Waals surface area contributed by atoms with Gasteiger partial charge in [0.05, 0.1) is 5.60 Å². The number of aromatic nitrogens is 2. The molecule has 104 valence electrons. The van der Waals surface area contributed by atoms with E-state index in [-0.39, 0.29) is 5.91 Å². The van der Waals surface area contributed by atoms with Crippen LogP contribution in [0.4, 0.5) is 5.82 Å². The molecule has 2 heterocycles. The Kier molecular flexibility index (Phi) is 3.99. The molecule has 1 saturated heterocycles. The minimum atomic E-state index is -0.670. The van der Waals surface area contributed by atoms with Crippen LogP contribution >= 0.6 is 0 Å². The third-order valence-electron chi connectivity index (χ3n) is 3.49. The van der Waals surface area contributed by atoms with Gasteiger partial charge < -0.3 is 15.3 Å². The third-order valence-corrected chi connectivity index (χ3v) is 3.49. The standard InChI is InChI=1S/C13H20N4O2/c1-13(19)6-3-8-17(9-7-13)12(18)10-4-5-11(14-2)16-15-10/h4-5,19H,3,6-9H2,1-2H3,(H,14,16). The molecule has 2 rings (SSSR count). The van der Waals surface area contributed by atoms with Crippen molar-refractivity contribution in [2.45, 2.75) is 31.8 Å². The van der Waals surface area contributed by atoms with Crippen LogP contribution in [0.25, 0.3) is 0 Å². The summed E-state index contributed by atoms with van der Waals surface area (Å²) >= 11 is 0. The molecular formula is C13H20N4O2. The molecule has 0 spiro atoms. The number of aliphatic hydroxyl groups is 1. The number of nitrogens with zero attached hydrogens (tertiary/aromatic N) is 3. The molecule has 0 aliphatic carbocycles. The van der Waals surface area contributed by atoms with Crippen LogP contribution in [-0.2, 0) is 0 Å². The number of hydrogen-bond donors (Lipinski definition) is 2. The van der Waals surface area contributed by atoms with Gasteiger partial charge in [-0.2, -0.15) is 0 Å². The predicted octanol–water partition coefficient (Wildman–Crippen LogP) is 0.895. The molecule has 0 saturated carbocycles. The first-order valence-electron chi connectivity index (χ1n) is 6.55. The average molecular weight is 264 g/mol. The zero-order valence-corrected chi connectivity index (χ0v) is 11.4. The molecule has 0 bridgehead atoms. The van der Waals surface area contributed by atoms with Gasteiger partial charge >= 0.3 is 0 Å². The molecule has 1 atom stereocenters. The predicted molar refractivity (Wildman–Crippen MR) is 72.0 cm³/mol. The Morgan fingerprint density at radius 3 is 2.79 bits per heavy atom. The molecule has 2 N–H and O–H groups in total. The zero-order valence-electron chi connectivity index (χ0n) is 11.4. The summed E-state index contributed by atoms with van der Waals surface area (Å²) < 4.78 is 0. The van der Waals surface area contributed by atoms with E-state index in [0.29, 0.717) is 31.0 Å². The first kappa shape index (κ1) is 13.7. The lowest BCUT2D eigenvalue weighted by Crippen LogP contribution is -2.34. The molecule has 1 aromatic heterocycles. The molecular weight excluding hydrogens is 244 g/mol. The first-order valence-corrected chi connectivity index (χ1v) is 6.55. The molecule has 1 aromatic rings. The van der Waals surface area contributed by atoms with Crippen molar-refractivity contribution in [3.05, 3.63) is 17.8 Å². The van der Waals surface area contributed by atoms with Crippen molar-refractivity contribution in [3.63, 3.8) is 0 Å². The Morgan fingerprint density at radius 2 is 2.16 bits per heavy atom. The monoisotopic (exact) mass is 264 g/mol. The van der Waals surface area contributed by atoms with Gasteiger partial charge in [0.1, 0.15) is 5.82 Å². The van der Waals surface area contributed by atoms with Crippen LogP contribution in [0, 0.1) is 0 Å². The van der Waals surface area contributed by atoms with E-state index < -0.39 is 5.60 Å². The van der Waals surface area contributed by atoms with Crippen LogP contribution in [0.3, 0.4) is 0 Å². The highest BCUT2D eigenvalue weighted by Crippen LogP contribution is 2.22. The van der Waals surface area contributed by atoms with Gasteiger partial charge in [0, 0.05) is 20.1 Å². The zero-order chi connectivity index (χ0) is 13.9. The van der Waals surface area contributed by atoms with E-state index in [9.17, 15) is 9.90 Å². The second-order valence-corrected chi connectivity index (χ2v) is 5.20. The minimum absolute atomic E-state index is 0.118. The maximum absolute atomic E-state index is 12.3. The summed E-state index contributed by atoms with van der Waals surface area (Å²) in [5.41, 5.74) is -0.322. The number of rotatable bonds is 2. The Morgan fingerprint density at radius 1 is 1.37 bits per heavy atom. The van der Waals surface area contributed by atoms with Gasteiger partial charge in [0.2, 0.25) is 0 Å². The van der Waals surface area contributed by atoms with E-state index in [1.807, 2.05) is 6.92 Å². The maximum Gasteiger partial charge on any atom is 0.274 e. The summed E-state index contributed by atoms with van der Waals surface area (Å²) in [5.74, 6) is 0.517. The topological polar surface area (TPSA) is 78.4 Å². The number of hydrogen-bond acceptors (Lipinski definition) is 5. The third kappa shape index (κ3) is 3.41. The van der Waals surface area contributed by atoms with Crippen molar-refractivity contribution in [1.29, 1.82) is 0 Å². The molecule has 0 radical (unpaired) electrons. The van der Waals surface area contributed by atoms with E-state index in [2.05, 4.69) is 15.5 Å². The first-order chi connectivity index (χ1) is 9.02. The highest BCUT2D eigenvalue weighted by Gasteiger charge is 2.27. The van der Waals surface area contributed by atoms with Crippen molar-refractivity contribution < 1.29 is 9.90 Å². The fraction of sp³-hybridized carbons (Fsp3) is 0.615. The fourth-order valence-electron chi connectivity index (χ4n) is 2.21. The van der Waals surface area contributed by atoms with Crippen LogP contribution in [0.1, 0.15) is 36.7 Å². The molecule has 6 nitrogen and oxygen atoms in total. The van der Waals surface area contributed by atoms with E-state index in [1.54, 1.807) is 24.1 Å². The molecule has 1 unspecified atom stereocenters. The Hall–Kier alpha value is -1.69. The summed E-state index contributed by atoms with van der Waals surface area (Å²) in [6.45, 7) is 3.04. The Balaban J connectivity index is 2.06. The fourth-order valence-corrected chi connectivity index (χ4v) is 2.21. The molecule has 0 aromatic carbocycles. The molecule has 1 amide bonds. The molecule has 1 aliphatic rings. The second-order valence-electron chi connectivity index (χ2n) is 5.20. The van der Waals surface area contributed by atoms with Gasteiger partial charge in [0.15, 0.2) is 5.69 Å². The summed E-state index contributed by atoms with van der Waals surface area (Å²) in [7, 11) is 1.75. The number of carbonyl (C=O) groups is 1. The van der Waals surface area contributed by atoms with Gasteiger partial charge in [-0.3, -0.25) is 4.79 Å². The summed E-state index contributed by atoms with van der Waals surface area (Å²) in [6, 6.07) is 3.40. The lowest BCUT2D eigenvalue weighted by Gasteiger charge is -2.22. The highest BCUT2D eigenvalue weighted by molar-refractivity contribution is 5.92. The summed E-state index contributed by atoms with van der Waals surface area (Å²) in [5, 5.41) is 20.7. The smallest absolute Gasteiger partial charge is 0.274 e. The van der Waals surface area contributed by atoms with Crippen LogP contribution in [0.2, 0.25) is 0 Å². The van der Waals surface area contributed by atoms with Crippen LogP contribution in [0.5, 0.6) is 0 Å². The van der Waals surface area contributed by atoms with Crippen molar-refractivity contribution >= 4 is 11.7 Å². The van der Waals surface area contributed by atoms with Gasteiger partial charge in [-0.25, -0.2) is 0 Å². The van der Waals surface area contributed by atoms with E-state index >= 15 is 0 Å². The van der Waals surface area contributed by atoms with E-state index in [0.717, 1.165) is 12.8 Å². The normalized spacial score (nSPS) is 23.8. The number of likely N-dealkylation sites (tertiary alicyclic amines) is 1. The number of carbonyl (C=O) groups excluding carboxylic acids is 1. The minimum Gasteiger partial charge on any atom is -0.390 e. The molecule has 19 heavy (non-hydrogen) atoms. The van der Waals surface area contributed by atoms with Crippen molar-refractivity contribution in [2.75, 3.05) is 25.5 Å². The van der Waals surface area contributed by atoms with Crippen molar-refractivity contribution in [1.82, 2.24) is 15.1 Å². The Bertz CT molecular complexity index is 444. The quantitative estimate of drug-likeness (QED) is 0.829. The average Bonchev–Trinajstić information content (AvgIpc) is 2.59. The van der Waals surface area contributed by atoms with Gasteiger partial charge in [-0.15, -0.1) is 10.2 Å². The highest BCUT2D eigenvalue weighted by atomic mass is 16.3. The van der Waals surface area contributed by atoms with Crippen molar-refractivity contribution in [3.8, 4) is 0 Å². The van der Waals surface area contributed by atoms with Crippen molar-refractivity contribution in [2.24, 2.45) is 0 Å². The number of anilines is 1. The van der Waals surface area contributed by atoms with Gasteiger partial charge in [-0.1, -0.05) is 0 Å². The number of nitrogens with one attached hydrogen (secondary N) is 1. The SMILES string of the molecule is CNc1ccc(C(=O)N2CCCC(C)(O)CC2)nn1. The van der Waals surface area contributed by atoms with Gasteiger partial charge in [-0.05, 0) is 38.3 Å². The van der Waals surface area contributed by atoms with Gasteiger partial charge in [0.25, 0.3) is 5.91 Å². The van der Waals surface area contributed by atoms with Crippen LogP contribution in [-0.4, -0.2) is 51.8 Å². The molecule has 1 aliphatic heterocycles. The van der Waals surface area contributed by atoms with Crippen LogP contribution < -0.4 is 5.32 Å². The lowest BCUT2D eigenvalue weighted by atomic mass is 9.98. The Labute approximate surface area is 112 Å². The lowest BCUT2D eigenvalue weighted by molar-refractivity contribution is 0.0437. The maximum atomic E-state index is 12.3. The van der Waals surface area contributed by atoms with E-state index in [1.165, 1.54) is 0 Å². The number of amides is 1. The van der Waals surface area contributed by atoms with E-state index in [4.69, 9.17) is 0 Å². The molecule has 1 fully saturated rings. The summed E-state index contributed by atoms with van der Waals surface area (Å²) in [4.78, 5) is 14.0. The summed E-state index contributed by atoms with van der Waals surface area (Å²) in [6.07, 6.45) is 2.13. The largest absolute Gasteiger partial charge is 0.390 e. The second kappa shape index (κ2) is 5.52. The van der Waals surface area contributed by atoms with Crippen LogP contribution in [0.15, 0.2) is 12.1 Å². The molecule has 6 heteroatoms.